The molecule has 0 aromatic heterocycles. The van der Waals surface area contributed by atoms with Gasteiger partial charge in [0, 0.05) is 18.5 Å². The number of fused-ring (bicyclic) bond motifs is 5. The summed E-state index contributed by atoms with van der Waals surface area (Å²) in [5.41, 5.74) is -0.0208. The maximum atomic E-state index is 12.2. The Balaban J connectivity index is 1.72. The van der Waals surface area contributed by atoms with Crippen molar-refractivity contribution in [2.45, 2.75) is 58.9 Å². The summed E-state index contributed by atoms with van der Waals surface area (Å²) in [6, 6.07) is 0.280. The van der Waals surface area contributed by atoms with Gasteiger partial charge in [-0.05, 0) is 67.3 Å². The molecule has 4 aliphatic rings. The maximum absolute atomic E-state index is 12.2. The topological polar surface area (TPSA) is 57.6 Å². The molecule has 138 valence electrons. The maximum Gasteiger partial charge on any atom is 0.307 e. The fraction of sp³-hybridized carbons (Fsp3) is 0.810. The number of nitrogens with zero attached hydrogens (tertiary/aromatic N) is 1. The zero-order chi connectivity index (χ0) is 18.1. The van der Waals surface area contributed by atoms with Crippen LogP contribution in [0.2, 0.25) is 0 Å². The van der Waals surface area contributed by atoms with Crippen molar-refractivity contribution in [1.29, 1.82) is 0 Å². The van der Waals surface area contributed by atoms with Gasteiger partial charge in [0.15, 0.2) is 0 Å². The van der Waals surface area contributed by atoms with E-state index in [-0.39, 0.29) is 28.7 Å². The van der Waals surface area contributed by atoms with Gasteiger partial charge in [-0.1, -0.05) is 26.8 Å². The summed E-state index contributed by atoms with van der Waals surface area (Å²) in [4.78, 5) is 26.0. The van der Waals surface area contributed by atoms with Crippen LogP contribution in [0, 0.1) is 40.4 Å². The van der Waals surface area contributed by atoms with Gasteiger partial charge in [-0.15, -0.1) is 0 Å². The monoisotopic (exact) mass is 345 g/mol. The predicted octanol–water partition coefficient (Wildman–Crippen LogP) is 3.57. The summed E-state index contributed by atoms with van der Waals surface area (Å²) in [6.45, 7) is 6.92. The van der Waals surface area contributed by atoms with E-state index in [4.69, 9.17) is 0 Å². The number of hydrogen-bond donors (Lipinski definition) is 1. The minimum absolute atomic E-state index is 0.0302. The average Bonchev–Trinajstić information content (AvgIpc) is 2.91. The Labute approximate surface area is 150 Å². The summed E-state index contributed by atoms with van der Waals surface area (Å²) in [5.74, 6) is 1.54. The number of carboxylic acid groups (broad SMARTS) is 1. The van der Waals surface area contributed by atoms with Gasteiger partial charge < -0.3 is 10.0 Å². The molecule has 1 N–H and O–H groups in total. The molecule has 25 heavy (non-hydrogen) atoms. The Kier molecular flexibility index (Phi) is 3.66. The highest BCUT2D eigenvalue weighted by atomic mass is 16.4. The molecular formula is C21H31NO3. The summed E-state index contributed by atoms with van der Waals surface area (Å²) < 4.78 is 0. The summed E-state index contributed by atoms with van der Waals surface area (Å²) in [6.07, 6.45) is 8.98. The standard InChI is InChI=1S/C21H31NO3/c1-12-11-16-21(3,10-8-17(23)22(16)4)14-7-9-20(2)13(18(12)14)5-6-15(20)19(24)25/h8,10,12-16,18H,5-7,9,11H2,1-4H3,(H,24,25)/t12?,13-,14+,15?,16?,18-,20-,21+/m0/s1. The first-order chi connectivity index (χ1) is 11.7. The molecule has 0 aromatic carbocycles. The molecule has 0 radical (unpaired) electrons. The quantitative estimate of drug-likeness (QED) is 0.790. The minimum Gasteiger partial charge on any atom is -0.481 e. The Morgan fingerprint density at radius 1 is 1.24 bits per heavy atom. The Morgan fingerprint density at radius 2 is 1.96 bits per heavy atom. The fourth-order valence-corrected chi connectivity index (χ4v) is 7.46. The first-order valence-corrected chi connectivity index (χ1v) is 9.89. The van der Waals surface area contributed by atoms with Crippen LogP contribution in [0.4, 0.5) is 0 Å². The first-order valence-electron chi connectivity index (χ1n) is 9.89. The largest absolute Gasteiger partial charge is 0.481 e. The van der Waals surface area contributed by atoms with Crippen LogP contribution in [-0.4, -0.2) is 35.0 Å². The molecular weight excluding hydrogens is 314 g/mol. The van der Waals surface area contributed by atoms with E-state index in [1.807, 2.05) is 11.9 Å². The van der Waals surface area contributed by atoms with E-state index in [1.165, 1.54) is 0 Å². The Morgan fingerprint density at radius 3 is 2.64 bits per heavy atom. The van der Waals surface area contributed by atoms with Crippen LogP contribution in [0.3, 0.4) is 0 Å². The molecule has 3 saturated carbocycles. The molecule has 0 aromatic rings. The van der Waals surface area contributed by atoms with Crippen molar-refractivity contribution in [2.24, 2.45) is 40.4 Å². The number of carboxylic acids is 1. The number of aliphatic carboxylic acids is 1. The van der Waals surface area contributed by atoms with Crippen molar-refractivity contribution >= 4 is 11.9 Å². The Hall–Kier alpha value is -1.32. The van der Waals surface area contributed by atoms with Crippen LogP contribution < -0.4 is 0 Å². The van der Waals surface area contributed by atoms with E-state index in [0.717, 1.165) is 32.1 Å². The number of hydrogen-bond acceptors (Lipinski definition) is 2. The van der Waals surface area contributed by atoms with Crippen molar-refractivity contribution in [3.05, 3.63) is 12.2 Å². The van der Waals surface area contributed by atoms with Crippen molar-refractivity contribution in [2.75, 3.05) is 7.05 Å². The molecule has 0 bridgehead atoms. The predicted molar refractivity (Wildman–Crippen MR) is 95.8 cm³/mol. The summed E-state index contributed by atoms with van der Waals surface area (Å²) in [5, 5.41) is 9.73. The Bertz CT molecular complexity index is 643. The van der Waals surface area contributed by atoms with E-state index < -0.39 is 5.97 Å². The second-order valence-corrected chi connectivity index (χ2v) is 9.68. The minimum atomic E-state index is -0.598. The zero-order valence-corrected chi connectivity index (χ0v) is 15.9. The highest BCUT2D eigenvalue weighted by Crippen LogP contribution is 2.66. The molecule has 1 aliphatic heterocycles. The van der Waals surface area contributed by atoms with Crippen LogP contribution >= 0.6 is 0 Å². The smallest absolute Gasteiger partial charge is 0.307 e. The third kappa shape index (κ3) is 2.12. The molecule has 1 heterocycles. The number of carbonyl (C=O) groups is 2. The van der Waals surface area contributed by atoms with Gasteiger partial charge in [0.2, 0.25) is 5.91 Å². The second kappa shape index (κ2) is 5.34. The molecule has 0 saturated heterocycles. The van der Waals surface area contributed by atoms with Crippen LogP contribution in [0.1, 0.15) is 52.9 Å². The molecule has 1 amide bonds. The molecule has 0 spiro atoms. The third-order valence-corrected chi connectivity index (χ3v) is 8.80. The molecule has 4 rings (SSSR count). The fourth-order valence-electron chi connectivity index (χ4n) is 7.46. The van der Waals surface area contributed by atoms with Crippen molar-refractivity contribution in [3.63, 3.8) is 0 Å². The van der Waals surface area contributed by atoms with Gasteiger partial charge in [-0.25, -0.2) is 0 Å². The highest BCUT2D eigenvalue weighted by Gasteiger charge is 2.63. The number of likely N-dealkylation sites (N-methyl/N-ethyl adjacent to an activating group) is 1. The molecule has 3 aliphatic carbocycles. The molecule has 3 unspecified atom stereocenters. The van der Waals surface area contributed by atoms with Gasteiger partial charge in [-0.3, -0.25) is 9.59 Å². The number of rotatable bonds is 1. The first kappa shape index (κ1) is 17.1. The lowest BCUT2D eigenvalue weighted by Gasteiger charge is -2.62. The second-order valence-electron chi connectivity index (χ2n) is 9.68. The lowest BCUT2D eigenvalue weighted by Crippen LogP contribution is -2.61. The van der Waals surface area contributed by atoms with E-state index in [0.29, 0.717) is 23.7 Å². The number of carbonyl (C=O) groups excluding carboxylic acids is 1. The molecule has 8 atom stereocenters. The van der Waals surface area contributed by atoms with E-state index in [2.05, 4.69) is 26.8 Å². The van der Waals surface area contributed by atoms with Crippen molar-refractivity contribution in [3.8, 4) is 0 Å². The average molecular weight is 345 g/mol. The SMILES string of the molecule is CC1CC2N(C)C(=O)C=C[C@]2(C)[C@@H]2CC[C@]3(C)C(C(=O)O)CC[C@H]3[C@H]12. The van der Waals surface area contributed by atoms with Crippen LogP contribution in [0.15, 0.2) is 12.2 Å². The van der Waals surface area contributed by atoms with Gasteiger partial charge in [0.1, 0.15) is 0 Å². The molecule has 4 nitrogen and oxygen atoms in total. The molecule has 3 fully saturated rings. The van der Waals surface area contributed by atoms with Crippen LogP contribution in [0.25, 0.3) is 0 Å². The van der Waals surface area contributed by atoms with Gasteiger partial charge in [-0.2, -0.15) is 0 Å². The normalized spacial score (nSPS) is 51.7. The van der Waals surface area contributed by atoms with E-state index in [9.17, 15) is 14.7 Å². The van der Waals surface area contributed by atoms with Crippen LogP contribution in [-0.2, 0) is 9.59 Å². The zero-order valence-electron chi connectivity index (χ0n) is 15.9. The highest BCUT2D eigenvalue weighted by molar-refractivity contribution is 5.89. The van der Waals surface area contributed by atoms with Gasteiger partial charge in [0.25, 0.3) is 0 Å². The summed E-state index contributed by atoms with van der Waals surface area (Å²) in [7, 11) is 1.95. The number of amides is 1. The molecule has 4 heteroatoms. The van der Waals surface area contributed by atoms with Gasteiger partial charge in [0.05, 0.1) is 5.92 Å². The van der Waals surface area contributed by atoms with E-state index in [1.54, 1.807) is 6.08 Å². The van der Waals surface area contributed by atoms with Crippen molar-refractivity contribution in [1.82, 2.24) is 4.90 Å². The van der Waals surface area contributed by atoms with E-state index >= 15 is 0 Å². The van der Waals surface area contributed by atoms with Gasteiger partial charge >= 0.3 is 5.97 Å². The summed E-state index contributed by atoms with van der Waals surface area (Å²) >= 11 is 0. The third-order valence-electron chi connectivity index (χ3n) is 8.80. The lowest BCUT2D eigenvalue weighted by molar-refractivity contribution is -0.156. The van der Waals surface area contributed by atoms with Crippen LogP contribution in [0.5, 0.6) is 0 Å². The lowest BCUT2D eigenvalue weighted by atomic mass is 9.45. The van der Waals surface area contributed by atoms with Crippen molar-refractivity contribution < 1.29 is 14.7 Å².